The normalized spacial score (nSPS) is 18.4. The van der Waals surface area contributed by atoms with Crippen LogP contribution in [0.5, 0.6) is 0 Å². The van der Waals surface area contributed by atoms with E-state index in [1.807, 2.05) is 25.1 Å². The van der Waals surface area contributed by atoms with E-state index in [9.17, 15) is 4.79 Å². The highest BCUT2D eigenvalue weighted by molar-refractivity contribution is 5.95. The highest BCUT2D eigenvalue weighted by atomic mass is 16.2. The first-order valence-corrected chi connectivity index (χ1v) is 7.12. The number of piperidine rings is 1. The Morgan fingerprint density at radius 1 is 1.43 bits per heavy atom. The van der Waals surface area contributed by atoms with Crippen LogP contribution >= 0.6 is 0 Å². The van der Waals surface area contributed by atoms with Crippen LogP contribution in [0.2, 0.25) is 0 Å². The molecule has 1 aliphatic heterocycles. The summed E-state index contributed by atoms with van der Waals surface area (Å²) in [5.41, 5.74) is 2.65. The summed E-state index contributed by atoms with van der Waals surface area (Å²) in [5.74, 6) is 0.0150. The fourth-order valence-corrected chi connectivity index (χ4v) is 2.51. The number of nitrogens with one attached hydrogen (secondary N) is 2. The Bertz CT molecular complexity index is 618. The van der Waals surface area contributed by atoms with E-state index in [0.717, 1.165) is 42.7 Å². The minimum absolute atomic E-state index is 0.0150. The number of hydrogen-bond donors (Lipinski definition) is 2. The van der Waals surface area contributed by atoms with E-state index in [4.69, 9.17) is 0 Å². The molecule has 3 rings (SSSR count). The van der Waals surface area contributed by atoms with Gasteiger partial charge in [0, 0.05) is 5.69 Å². The number of carbonyl (C=O) groups is 1. The average Bonchev–Trinajstić information content (AvgIpc) is 3.04. The highest BCUT2D eigenvalue weighted by Gasteiger charge is 2.20. The zero-order chi connectivity index (χ0) is 14.7. The Morgan fingerprint density at radius 2 is 2.33 bits per heavy atom. The van der Waals surface area contributed by atoms with Gasteiger partial charge in [0.2, 0.25) is 5.91 Å². The molecule has 2 N–H and O–H groups in total. The number of carbonyl (C=O) groups excluding carboxylic acids is 1. The van der Waals surface area contributed by atoms with Gasteiger partial charge in [-0.15, -0.1) is 5.10 Å². The lowest BCUT2D eigenvalue weighted by Gasteiger charge is -2.22. The number of benzene rings is 1. The van der Waals surface area contributed by atoms with Crippen molar-refractivity contribution in [1.29, 1.82) is 0 Å². The molecule has 0 radical (unpaired) electrons. The number of rotatable bonds is 3. The van der Waals surface area contributed by atoms with Crippen molar-refractivity contribution in [2.45, 2.75) is 32.2 Å². The van der Waals surface area contributed by atoms with E-state index < -0.39 is 0 Å². The van der Waals surface area contributed by atoms with Gasteiger partial charge in [-0.05, 0) is 54.4 Å². The molecule has 1 atom stereocenters. The Hall–Kier alpha value is -2.28. The second kappa shape index (κ2) is 6.01. The van der Waals surface area contributed by atoms with Gasteiger partial charge in [-0.25, -0.2) is 4.68 Å². The lowest BCUT2D eigenvalue weighted by molar-refractivity contribution is -0.118. The Labute approximate surface area is 122 Å². The molecular weight excluding hydrogens is 268 g/mol. The third kappa shape index (κ3) is 3.08. The zero-order valence-electron chi connectivity index (χ0n) is 11.9. The SMILES string of the molecule is Cc1ccc(NC(=O)[C@@H]2CCCCN2)cc1-n1cnnn1. The summed E-state index contributed by atoms with van der Waals surface area (Å²) in [6, 6.07) is 5.62. The fourth-order valence-electron chi connectivity index (χ4n) is 2.51. The van der Waals surface area contributed by atoms with E-state index >= 15 is 0 Å². The zero-order valence-corrected chi connectivity index (χ0v) is 11.9. The van der Waals surface area contributed by atoms with Crippen molar-refractivity contribution in [2.24, 2.45) is 0 Å². The molecule has 1 aromatic heterocycles. The Balaban J connectivity index is 1.77. The van der Waals surface area contributed by atoms with Crippen LogP contribution in [-0.2, 0) is 4.79 Å². The molecule has 110 valence electrons. The molecule has 0 spiro atoms. The molecule has 1 amide bonds. The minimum Gasteiger partial charge on any atom is -0.325 e. The minimum atomic E-state index is -0.100. The molecule has 0 saturated carbocycles. The maximum absolute atomic E-state index is 12.2. The molecular formula is C14H18N6O. The third-order valence-electron chi connectivity index (χ3n) is 3.70. The number of aromatic nitrogens is 4. The summed E-state index contributed by atoms with van der Waals surface area (Å²) in [6.07, 6.45) is 4.65. The first-order chi connectivity index (χ1) is 10.2. The van der Waals surface area contributed by atoms with Gasteiger partial charge < -0.3 is 10.6 Å². The number of anilines is 1. The molecule has 2 heterocycles. The standard InChI is InChI=1S/C14H18N6O/c1-10-5-6-11(8-13(10)20-9-16-18-19-20)17-14(21)12-4-2-3-7-15-12/h5-6,8-9,12,15H,2-4,7H2,1H3,(H,17,21)/t12-/m0/s1. The summed E-state index contributed by atoms with van der Waals surface area (Å²) in [7, 11) is 0. The predicted octanol–water partition coefficient (Wildman–Crippen LogP) is 1.05. The van der Waals surface area contributed by atoms with Gasteiger partial charge in [-0.3, -0.25) is 4.79 Å². The monoisotopic (exact) mass is 286 g/mol. The summed E-state index contributed by atoms with van der Waals surface area (Å²) < 4.78 is 1.59. The molecule has 0 aliphatic carbocycles. The molecule has 2 aromatic rings. The highest BCUT2D eigenvalue weighted by Crippen LogP contribution is 2.19. The fraction of sp³-hybridized carbons (Fsp3) is 0.429. The number of hydrogen-bond acceptors (Lipinski definition) is 5. The van der Waals surface area contributed by atoms with Crippen LogP contribution in [0.25, 0.3) is 5.69 Å². The molecule has 7 nitrogen and oxygen atoms in total. The van der Waals surface area contributed by atoms with Crippen molar-refractivity contribution in [3.63, 3.8) is 0 Å². The molecule has 1 aliphatic rings. The second-order valence-electron chi connectivity index (χ2n) is 5.25. The van der Waals surface area contributed by atoms with Crippen LogP contribution in [0.4, 0.5) is 5.69 Å². The van der Waals surface area contributed by atoms with E-state index in [-0.39, 0.29) is 11.9 Å². The van der Waals surface area contributed by atoms with Gasteiger partial charge in [0.25, 0.3) is 0 Å². The van der Waals surface area contributed by atoms with Crippen LogP contribution in [0.15, 0.2) is 24.5 Å². The van der Waals surface area contributed by atoms with Crippen LogP contribution in [0.3, 0.4) is 0 Å². The lowest BCUT2D eigenvalue weighted by Crippen LogP contribution is -2.43. The van der Waals surface area contributed by atoms with Crippen LogP contribution < -0.4 is 10.6 Å². The summed E-state index contributed by atoms with van der Waals surface area (Å²) >= 11 is 0. The van der Waals surface area contributed by atoms with Crippen LogP contribution in [-0.4, -0.2) is 38.7 Å². The topological polar surface area (TPSA) is 84.7 Å². The van der Waals surface area contributed by atoms with Gasteiger partial charge >= 0.3 is 0 Å². The number of aryl methyl sites for hydroxylation is 1. The largest absolute Gasteiger partial charge is 0.325 e. The van der Waals surface area contributed by atoms with Crippen LogP contribution in [0, 0.1) is 6.92 Å². The molecule has 0 bridgehead atoms. The number of tetrazole rings is 1. The summed E-state index contributed by atoms with van der Waals surface area (Å²) in [5, 5.41) is 17.4. The molecule has 1 aromatic carbocycles. The molecule has 7 heteroatoms. The van der Waals surface area contributed by atoms with E-state index in [0.29, 0.717) is 0 Å². The quantitative estimate of drug-likeness (QED) is 0.881. The van der Waals surface area contributed by atoms with E-state index in [1.165, 1.54) is 6.33 Å². The first-order valence-electron chi connectivity index (χ1n) is 7.12. The van der Waals surface area contributed by atoms with Gasteiger partial charge in [-0.2, -0.15) is 0 Å². The van der Waals surface area contributed by atoms with Gasteiger partial charge in [0.05, 0.1) is 11.7 Å². The van der Waals surface area contributed by atoms with Crippen molar-refractivity contribution < 1.29 is 4.79 Å². The van der Waals surface area contributed by atoms with Gasteiger partial charge in [0.15, 0.2) is 0 Å². The maximum atomic E-state index is 12.2. The maximum Gasteiger partial charge on any atom is 0.241 e. The number of amides is 1. The molecule has 1 fully saturated rings. The Morgan fingerprint density at radius 3 is 3.05 bits per heavy atom. The van der Waals surface area contributed by atoms with Crippen molar-refractivity contribution in [3.05, 3.63) is 30.1 Å². The third-order valence-corrected chi connectivity index (χ3v) is 3.70. The van der Waals surface area contributed by atoms with Gasteiger partial charge in [-0.1, -0.05) is 12.5 Å². The molecule has 21 heavy (non-hydrogen) atoms. The van der Waals surface area contributed by atoms with Crippen molar-refractivity contribution in [3.8, 4) is 5.69 Å². The Kier molecular flexibility index (Phi) is 3.92. The van der Waals surface area contributed by atoms with E-state index in [1.54, 1.807) is 4.68 Å². The summed E-state index contributed by atoms with van der Waals surface area (Å²) in [4.78, 5) is 12.2. The predicted molar refractivity (Wildman–Crippen MR) is 78.2 cm³/mol. The molecule has 1 saturated heterocycles. The van der Waals surface area contributed by atoms with Crippen molar-refractivity contribution in [1.82, 2.24) is 25.5 Å². The summed E-state index contributed by atoms with van der Waals surface area (Å²) in [6.45, 7) is 2.88. The van der Waals surface area contributed by atoms with Gasteiger partial charge in [0.1, 0.15) is 6.33 Å². The van der Waals surface area contributed by atoms with Crippen molar-refractivity contribution >= 4 is 11.6 Å². The lowest BCUT2D eigenvalue weighted by atomic mass is 10.0. The average molecular weight is 286 g/mol. The second-order valence-corrected chi connectivity index (χ2v) is 5.25. The van der Waals surface area contributed by atoms with Crippen molar-refractivity contribution in [2.75, 3.05) is 11.9 Å². The van der Waals surface area contributed by atoms with Crippen LogP contribution in [0.1, 0.15) is 24.8 Å². The number of nitrogens with zero attached hydrogens (tertiary/aromatic N) is 4. The smallest absolute Gasteiger partial charge is 0.241 e. The first kappa shape index (κ1) is 13.7. The van der Waals surface area contributed by atoms with E-state index in [2.05, 4.69) is 26.2 Å². The molecule has 0 unspecified atom stereocenters.